The van der Waals surface area contributed by atoms with Crippen LogP contribution in [0.4, 0.5) is 4.79 Å². The third-order valence-electron chi connectivity index (χ3n) is 4.60. The second-order valence-corrected chi connectivity index (χ2v) is 9.66. The minimum Gasteiger partial charge on any atom is -0.456 e. The van der Waals surface area contributed by atoms with E-state index >= 15 is 0 Å². The molecule has 3 aromatic rings. The zero-order valence-electron chi connectivity index (χ0n) is 19.6. The first-order chi connectivity index (χ1) is 15.3. The van der Waals surface area contributed by atoms with Gasteiger partial charge in [-0.2, -0.15) is 9.83 Å². The van der Waals surface area contributed by atoms with Gasteiger partial charge in [-0.05, 0) is 71.4 Å². The zero-order chi connectivity index (χ0) is 24.6. The second-order valence-electron chi connectivity index (χ2n) is 9.66. The lowest BCUT2D eigenvalue weighted by atomic mass is 10.1. The molecular weight excluding hydrogens is 422 g/mol. The van der Waals surface area contributed by atoms with Crippen LogP contribution in [0.3, 0.4) is 0 Å². The summed E-state index contributed by atoms with van der Waals surface area (Å²) >= 11 is 0. The summed E-state index contributed by atoms with van der Waals surface area (Å²) in [7, 11) is 0. The van der Waals surface area contributed by atoms with Gasteiger partial charge in [0.2, 0.25) is 0 Å². The molecule has 3 rings (SSSR count). The van der Waals surface area contributed by atoms with Gasteiger partial charge in [-0.25, -0.2) is 14.4 Å². The molecule has 0 aliphatic rings. The Morgan fingerprint density at radius 3 is 2.18 bits per heavy atom. The van der Waals surface area contributed by atoms with Crippen LogP contribution in [0.25, 0.3) is 11.0 Å². The molecular formula is C25H27N3O5. The van der Waals surface area contributed by atoms with Gasteiger partial charge < -0.3 is 9.47 Å². The number of ether oxygens (including phenoxy) is 2. The Hall–Kier alpha value is -3.86. The SMILES string of the molecule is CC(C)(C)OC(=O)c1ccccc1Cn1c(=O)n(C(=O)OC(C)(C)C)c2ccc(C#N)cc21. The van der Waals surface area contributed by atoms with E-state index in [1.165, 1.54) is 22.8 Å². The van der Waals surface area contributed by atoms with Gasteiger partial charge in [-0.1, -0.05) is 18.2 Å². The van der Waals surface area contributed by atoms with Crippen molar-refractivity contribution in [1.29, 1.82) is 5.26 Å². The van der Waals surface area contributed by atoms with Gasteiger partial charge >= 0.3 is 17.8 Å². The molecule has 0 unspecified atom stereocenters. The molecule has 0 saturated carbocycles. The van der Waals surface area contributed by atoms with Gasteiger partial charge in [0.05, 0.1) is 34.8 Å². The van der Waals surface area contributed by atoms with E-state index in [4.69, 9.17) is 9.47 Å². The smallest absolute Gasteiger partial charge is 0.423 e. The number of hydrogen-bond acceptors (Lipinski definition) is 6. The topological polar surface area (TPSA) is 103 Å². The van der Waals surface area contributed by atoms with Crippen LogP contribution in [-0.4, -0.2) is 32.4 Å². The molecule has 0 atom stereocenters. The van der Waals surface area contributed by atoms with Crippen molar-refractivity contribution in [3.8, 4) is 6.07 Å². The molecule has 0 bridgehead atoms. The van der Waals surface area contributed by atoms with Gasteiger partial charge in [0, 0.05) is 0 Å². The Morgan fingerprint density at radius 2 is 1.58 bits per heavy atom. The van der Waals surface area contributed by atoms with E-state index in [9.17, 15) is 19.6 Å². The first-order valence-corrected chi connectivity index (χ1v) is 10.5. The average Bonchev–Trinajstić information content (AvgIpc) is 2.96. The molecule has 0 radical (unpaired) electrons. The van der Waals surface area contributed by atoms with Crippen molar-refractivity contribution >= 4 is 23.1 Å². The number of rotatable bonds is 3. The molecule has 0 fully saturated rings. The van der Waals surface area contributed by atoms with Crippen LogP contribution in [0.1, 0.15) is 63.0 Å². The summed E-state index contributed by atoms with van der Waals surface area (Å²) < 4.78 is 13.2. The molecule has 0 aliphatic heterocycles. The fourth-order valence-electron chi connectivity index (χ4n) is 3.32. The van der Waals surface area contributed by atoms with Crippen LogP contribution < -0.4 is 5.69 Å². The van der Waals surface area contributed by atoms with Gasteiger partial charge in [0.15, 0.2) is 0 Å². The molecule has 2 aromatic carbocycles. The van der Waals surface area contributed by atoms with E-state index in [1.807, 2.05) is 6.07 Å². The van der Waals surface area contributed by atoms with Crippen LogP contribution in [0, 0.1) is 11.3 Å². The number of aromatic nitrogens is 2. The molecule has 33 heavy (non-hydrogen) atoms. The third-order valence-corrected chi connectivity index (χ3v) is 4.60. The Bertz CT molecular complexity index is 1330. The highest BCUT2D eigenvalue weighted by Gasteiger charge is 2.26. The normalized spacial score (nSPS) is 11.8. The van der Waals surface area contributed by atoms with E-state index in [0.29, 0.717) is 27.7 Å². The van der Waals surface area contributed by atoms with E-state index in [0.717, 1.165) is 4.57 Å². The van der Waals surface area contributed by atoms with Gasteiger partial charge in [-0.3, -0.25) is 4.57 Å². The minimum absolute atomic E-state index is 0.00453. The highest BCUT2D eigenvalue weighted by molar-refractivity contribution is 5.92. The number of fused-ring (bicyclic) bond motifs is 1. The van der Waals surface area contributed by atoms with Gasteiger partial charge in [0.25, 0.3) is 0 Å². The fraction of sp³-hybridized carbons (Fsp3) is 0.360. The second kappa shape index (κ2) is 8.58. The van der Waals surface area contributed by atoms with E-state index in [1.54, 1.807) is 65.8 Å². The first-order valence-electron chi connectivity index (χ1n) is 10.5. The molecule has 0 saturated heterocycles. The summed E-state index contributed by atoms with van der Waals surface area (Å²) in [6.07, 6.45) is -0.818. The Kier molecular flexibility index (Phi) is 6.19. The third kappa shape index (κ3) is 5.32. The molecule has 8 nitrogen and oxygen atoms in total. The van der Waals surface area contributed by atoms with E-state index in [-0.39, 0.29) is 6.54 Å². The standard InChI is InChI=1S/C25H27N3O5/c1-24(2,3)32-21(29)18-10-8-7-9-17(18)15-27-20-13-16(14-26)11-12-19(20)28(22(27)30)23(31)33-25(4,5)6/h7-13H,15H2,1-6H3. The average molecular weight is 450 g/mol. The van der Waals surface area contributed by atoms with Crippen molar-refractivity contribution in [2.75, 3.05) is 0 Å². The molecule has 0 N–H and O–H groups in total. The summed E-state index contributed by atoms with van der Waals surface area (Å²) in [6, 6.07) is 13.5. The molecule has 0 aliphatic carbocycles. The lowest BCUT2D eigenvalue weighted by molar-refractivity contribution is 0.00678. The van der Waals surface area contributed by atoms with Crippen molar-refractivity contribution in [2.24, 2.45) is 0 Å². The predicted molar refractivity (Wildman–Crippen MR) is 123 cm³/mol. The maximum Gasteiger partial charge on any atom is 0.423 e. The Morgan fingerprint density at radius 1 is 0.939 bits per heavy atom. The van der Waals surface area contributed by atoms with E-state index < -0.39 is 29.0 Å². The van der Waals surface area contributed by atoms with Gasteiger partial charge in [0.1, 0.15) is 11.2 Å². The van der Waals surface area contributed by atoms with Gasteiger partial charge in [-0.15, -0.1) is 0 Å². The molecule has 8 heteroatoms. The number of nitriles is 1. The number of hydrogen-bond donors (Lipinski definition) is 0. The maximum atomic E-state index is 13.4. The lowest BCUT2D eigenvalue weighted by Crippen LogP contribution is -2.34. The number of benzene rings is 2. The largest absolute Gasteiger partial charge is 0.456 e. The highest BCUT2D eigenvalue weighted by atomic mass is 16.6. The summed E-state index contributed by atoms with van der Waals surface area (Å²) in [5, 5.41) is 9.34. The monoisotopic (exact) mass is 449 g/mol. The van der Waals surface area contributed by atoms with Crippen molar-refractivity contribution in [1.82, 2.24) is 9.13 Å². The maximum absolute atomic E-state index is 13.4. The molecule has 1 aromatic heterocycles. The number of imidazole rings is 1. The quantitative estimate of drug-likeness (QED) is 0.547. The van der Waals surface area contributed by atoms with Crippen LogP contribution in [0.5, 0.6) is 0 Å². The number of carbonyl (C=O) groups is 2. The Labute approximate surface area is 192 Å². The van der Waals surface area contributed by atoms with Crippen LogP contribution in [-0.2, 0) is 16.0 Å². The zero-order valence-corrected chi connectivity index (χ0v) is 19.6. The van der Waals surface area contributed by atoms with Crippen molar-refractivity contribution in [3.05, 3.63) is 69.6 Å². The summed E-state index contributed by atoms with van der Waals surface area (Å²) in [5.74, 6) is -0.514. The van der Waals surface area contributed by atoms with Crippen LogP contribution >= 0.6 is 0 Å². The summed E-state index contributed by atoms with van der Waals surface area (Å²) in [6.45, 7) is 10.4. The minimum atomic E-state index is -0.818. The number of carbonyl (C=O) groups excluding carboxylic acids is 2. The fourth-order valence-corrected chi connectivity index (χ4v) is 3.32. The van der Waals surface area contributed by atoms with Crippen molar-refractivity contribution < 1.29 is 19.1 Å². The summed E-state index contributed by atoms with van der Waals surface area (Å²) in [4.78, 5) is 38.9. The predicted octanol–water partition coefficient (Wildman–Crippen LogP) is 4.46. The molecule has 1 heterocycles. The lowest BCUT2D eigenvalue weighted by Gasteiger charge is -2.20. The Balaban J connectivity index is 2.16. The van der Waals surface area contributed by atoms with Crippen LogP contribution in [0.2, 0.25) is 0 Å². The van der Waals surface area contributed by atoms with Crippen molar-refractivity contribution in [2.45, 2.75) is 59.3 Å². The summed E-state index contributed by atoms with van der Waals surface area (Å²) in [5.41, 5.74) is -0.248. The van der Waals surface area contributed by atoms with Crippen LogP contribution in [0.15, 0.2) is 47.3 Å². The van der Waals surface area contributed by atoms with Crippen molar-refractivity contribution in [3.63, 3.8) is 0 Å². The molecule has 0 amide bonds. The molecule has 172 valence electrons. The molecule has 0 spiro atoms. The first kappa shape index (κ1) is 23.8. The number of nitrogens with zero attached hydrogens (tertiary/aromatic N) is 3. The highest BCUT2D eigenvalue weighted by Crippen LogP contribution is 2.21. The number of esters is 1. The van der Waals surface area contributed by atoms with E-state index in [2.05, 4.69) is 0 Å².